The summed E-state index contributed by atoms with van der Waals surface area (Å²) < 4.78 is 13.4. The van der Waals surface area contributed by atoms with E-state index in [1.807, 2.05) is 18.5 Å². The number of unbranched alkanes of at least 4 members (excludes halogenated alkanes) is 19. The summed E-state index contributed by atoms with van der Waals surface area (Å²) in [7, 11) is 0. The highest BCUT2D eigenvalue weighted by Gasteiger charge is 2.40. The molecule has 312 valence electrons. The van der Waals surface area contributed by atoms with Crippen LogP contribution in [0, 0.1) is 0 Å². The number of allylic oxidation sites excluding steroid dienone is 10. The first-order valence-electron chi connectivity index (χ1n) is 23.5. The number of pyridine rings is 1. The normalized spacial score (nSPS) is 16.4. The average Bonchev–Trinajstić information content (AvgIpc) is 3.60. The van der Waals surface area contributed by atoms with Crippen molar-refractivity contribution in [3.63, 3.8) is 0 Å². The first kappa shape index (κ1) is 48.9. The van der Waals surface area contributed by atoms with Gasteiger partial charge in [-0.25, -0.2) is 0 Å². The van der Waals surface area contributed by atoms with Gasteiger partial charge in [-0.3, -0.25) is 4.98 Å². The summed E-state index contributed by atoms with van der Waals surface area (Å²) >= 11 is 0. The standard InChI is InChI=1S/C52H87NO2/c1-5-7-9-11-13-15-17-19-21-23-25-27-29-31-33-38-44-52(45-39-34-32-30-28-26-24-22-20-18-16-14-12-10-8-6-2)54-48-50(55-52)42-36-35-37-43-51(3,4)49-41-40-46-53-47-49/h13-16,19-22,37,40-41,43,46-47,50H,5-12,17-18,23-36,38-39,42,44-45,48H2,1-4H3/b15-13-,16-14-,21-19-,22-20-,43-37+. The van der Waals surface area contributed by atoms with E-state index in [4.69, 9.17) is 9.47 Å². The van der Waals surface area contributed by atoms with E-state index in [-0.39, 0.29) is 17.3 Å². The first-order chi connectivity index (χ1) is 27.0. The molecule has 2 rings (SSSR count). The Morgan fingerprint density at radius 2 is 1.07 bits per heavy atom. The van der Waals surface area contributed by atoms with Crippen LogP contribution < -0.4 is 0 Å². The van der Waals surface area contributed by atoms with Crippen molar-refractivity contribution in [2.24, 2.45) is 0 Å². The van der Waals surface area contributed by atoms with E-state index in [9.17, 15) is 0 Å². The molecule has 55 heavy (non-hydrogen) atoms. The Hall–Kier alpha value is -2.23. The molecule has 1 aliphatic rings. The molecule has 0 bridgehead atoms. The lowest BCUT2D eigenvalue weighted by Crippen LogP contribution is -2.31. The third kappa shape index (κ3) is 26.3. The van der Waals surface area contributed by atoms with Crippen molar-refractivity contribution >= 4 is 0 Å². The zero-order chi connectivity index (χ0) is 39.4. The molecule has 0 aliphatic carbocycles. The van der Waals surface area contributed by atoms with Gasteiger partial charge in [0.15, 0.2) is 5.79 Å². The van der Waals surface area contributed by atoms with Crippen LogP contribution in [0.5, 0.6) is 0 Å². The molecule has 0 aromatic carbocycles. The second-order valence-electron chi connectivity index (χ2n) is 16.9. The average molecular weight is 758 g/mol. The molecule has 1 fully saturated rings. The van der Waals surface area contributed by atoms with Crippen molar-refractivity contribution in [3.05, 3.63) is 90.9 Å². The largest absolute Gasteiger partial charge is 0.347 e. The Bertz CT molecular complexity index is 1100. The van der Waals surface area contributed by atoms with Gasteiger partial charge in [0.25, 0.3) is 0 Å². The first-order valence-corrected chi connectivity index (χ1v) is 23.5. The van der Waals surface area contributed by atoms with Gasteiger partial charge in [-0.2, -0.15) is 0 Å². The Morgan fingerprint density at radius 3 is 1.56 bits per heavy atom. The number of hydrogen-bond donors (Lipinski definition) is 0. The summed E-state index contributed by atoms with van der Waals surface area (Å²) in [6, 6.07) is 4.20. The maximum Gasteiger partial charge on any atom is 0.168 e. The summed E-state index contributed by atoms with van der Waals surface area (Å²) in [6.07, 6.45) is 63.8. The van der Waals surface area contributed by atoms with Gasteiger partial charge >= 0.3 is 0 Å². The monoisotopic (exact) mass is 758 g/mol. The van der Waals surface area contributed by atoms with Crippen LogP contribution in [0.25, 0.3) is 0 Å². The van der Waals surface area contributed by atoms with Crippen LogP contribution in [0.3, 0.4) is 0 Å². The molecule has 1 atom stereocenters. The van der Waals surface area contributed by atoms with Crippen molar-refractivity contribution in [1.82, 2.24) is 4.98 Å². The molecular weight excluding hydrogens is 671 g/mol. The van der Waals surface area contributed by atoms with E-state index in [1.165, 1.54) is 147 Å². The maximum atomic E-state index is 6.84. The molecule has 1 saturated heterocycles. The van der Waals surface area contributed by atoms with Crippen LogP contribution in [0.1, 0.15) is 219 Å². The van der Waals surface area contributed by atoms with Gasteiger partial charge in [0.2, 0.25) is 0 Å². The number of nitrogens with zero attached hydrogens (tertiary/aromatic N) is 1. The second kappa shape index (κ2) is 33.9. The Kier molecular flexibility index (Phi) is 30.1. The van der Waals surface area contributed by atoms with Crippen molar-refractivity contribution in [2.45, 2.75) is 231 Å². The Morgan fingerprint density at radius 1 is 0.600 bits per heavy atom. The molecule has 3 nitrogen and oxygen atoms in total. The van der Waals surface area contributed by atoms with Crippen LogP contribution in [0.15, 0.2) is 85.3 Å². The maximum absolute atomic E-state index is 6.84. The Labute approximate surface area is 342 Å². The quantitative estimate of drug-likeness (QED) is 0.0505. The summed E-state index contributed by atoms with van der Waals surface area (Å²) in [5, 5.41) is 0. The third-order valence-corrected chi connectivity index (χ3v) is 11.3. The second-order valence-corrected chi connectivity index (χ2v) is 16.9. The van der Waals surface area contributed by atoms with Crippen molar-refractivity contribution in [2.75, 3.05) is 6.61 Å². The molecule has 0 radical (unpaired) electrons. The number of rotatable bonds is 36. The van der Waals surface area contributed by atoms with Crippen LogP contribution in [-0.2, 0) is 14.9 Å². The zero-order valence-electron chi connectivity index (χ0n) is 36.6. The summed E-state index contributed by atoms with van der Waals surface area (Å²) in [6.45, 7) is 9.84. The van der Waals surface area contributed by atoms with Gasteiger partial charge in [0, 0.05) is 30.7 Å². The van der Waals surface area contributed by atoms with Gasteiger partial charge in [0.1, 0.15) is 0 Å². The predicted octanol–water partition coefficient (Wildman–Crippen LogP) is 16.6. The van der Waals surface area contributed by atoms with Gasteiger partial charge in [0.05, 0.1) is 12.7 Å². The predicted molar refractivity (Wildman–Crippen MR) is 242 cm³/mol. The van der Waals surface area contributed by atoms with Crippen LogP contribution in [0.4, 0.5) is 0 Å². The molecule has 2 heterocycles. The fraction of sp³-hybridized carbons (Fsp3) is 0.712. The minimum Gasteiger partial charge on any atom is -0.347 e. The summed E-state index contributed by atoms with van der Waals surface area (Å²) in [5.74, 6) is -0.354. The number of aromatic nitrogens is 1. The van der Waals surface area contributed by atoms with E-state index < -0.39 is 0 Å². The molecule has 0 amide bonds. The van der Waals surface area contributed by atoms with Gasteiger partial charge in [-0.05, 0) is 108 Å². The van der Waals surface area contributed by atoms with Gasteiger partial charge in [-0.1, -0.05) is 172 Å². The smallest absolute Gasteiger partial charge is 0.168 e. The van der Waals surface area contributed by atoms with E-state index in [2.05, 4.69) is 99.5 Å². The van der Waals surface area contributed by atoms with Crippen molar-refractivity contribution < 1.29 is 9.47 Å². The van der Waals surface area contributed by atoms with E-state index in [0.29, 0.717) is 0 Å². The minimum absolute atomic E-state index is 0.00000764. The zero-order valence-corrected chi connectivity index (χ0v) is 36.6. The SMILES string of the molecule is CCCCC/C=C\C/C=C\CCCCCCCCC1(CCCCCCCC/C=C\C/C=C\CCCCC)OCC(CCC/C=C/C(C)(C)c2cccnc2)O1. The molecule has 0 saturated carbocycles. The lowest BCUT2D eigenvalue weighted by molar-refractivity contribution is -0.180. The van der Waals surface area contributed by atoms with Crippen LogP contribution in [-0.4, -0.2) is 23.5 Å². The third-order valence-electron chi connectivity index (χ3n) is 11.3. The minimum atomic E-state index is -0.354. The van der Waals surface area contributed by atoms with E-state index in [0.717, 1.165) is 51.6 Å². The molecular formula is C52H87NO2. The fourth-order valence-electron chi connectivity index (χ4n) is 7.59. The van der Waals surface area contributed by atoms with Crippen LogP contribution in [0.2, 0.25) is 0 Å². The highest BCUT2D eigenvalue weighted by molar-refractivity contribution is 5.25. The molecule has 0 N–H and O–H groups in total. The molecule has 1 aliphatic heterocycles. The molecule has 0 spiro atoms. The molecule has 1 aromatic heterocycles. The lowest BCUT2D eigenvalue weighted by atomic mass is 9.85. The van der Waals surface area contributed by atoms with Crippen molar-refractivity contribution in [1.29, 1.82) is 0 Å². The highest BCUT2D eigenvalue weighted by atomic mass is 16.7. The van der Waals surface area contributed by atoms with Crippen LogP contribution >= 0.6 is 0 Å². The van der Waals surface area contributed by atoms with E-state index in [1.54, 1.807) is 0 Å². The highest BCUT2D eigenvalue weighted by Crippen LogP contribution is 2.36. The number of ether oxygens (including phenoxy) is 2. The number of hydrogen-bond acceptors (Lipinski definition) is 3. The summed E-state index contributed by atoms with van der Waals surface area (Å²) in [4.78, 5) is 4.32. The Balaban J connectivity index is 1.66. The fourth-order valence-corrected chi connectivity index (χ4v) is 7.59. The molecule has 1 unspecified atom stereocenters. The van der Waals surface area contributed by atoms with Gasteiger partial charge in [-0.15, -0.1) is 0 Å². The van der Waals surface area contributed by atoms with Gasteiger partial charge < -0.3 is 9.47 Å². The lowest BCUT2D eigenvalue weighted by Gasteiger charge is -2.28. The van der Waals surface area contributed by atoms with Crippen molar-refractivity contribution in [3.8, 4) is 0 Å². The molecule has 3 heteroatoms. The molecule has 1 aromatic rings. The topological polar surface area (TPSA) is 31.4 Å². The van der Waals surface area contributed by atoms with E-state index >= 15 is 0 Å². The summed E-state index contributed by atoms with van der Waals surface area (Å²) in [5.41, 5.74) is 1.26.